The van der Waals surface area contributed by atoms with Crippen LogP contribution in [0, 0.1) is 5.82 Å². The minimum atomic E-state index is -0.468. The third-order valence-corrected chi connectivity index (χ3v) is 4.60. The Hall–Kier alpha value is -3.21. The van der Waals surface area contributed by atoms with Gasteiger partial charge in [0, 0.05) is 13.1 Å². The molecule has 0 saturated heterocycles. The van der Waals surface area contributed by atoms with Gasteiger partial charge in [0.2, 0.25) is 0 Å². The number of fused-ring (bicyclic) bond motifs is 1. The number of anilines is 2. The lowest BCUT2D eigenvalue weighted by atomic mass is 10.00. The molecule has 0 aliphatic carbocycles. The molecule has 26 heavy (non-hydrogen) atoms. The monoisotopic (exact) mass is 347 g/mol. The predicted molar refractivity (Wildman–Crippen MR) is 99.8 cm³/mol. The number of nitrogens with one attached hydrogen (secondary N) is 1. The number of hydrogen-bond donors (Lipinski definition) is 1. The van der Waals surface area contributed by atoms with E-state index < -0.39 is 11.7 Å². The SMILES string of the molecule is O=C(Nc1ccccc1F)c1ccc(N2CCc3ccccc3C2)cn1. The van der Waals surface area contributed by atoms with Crippen molar-refractivity contribution in [1.82, 2.24) is 4.98 Å². The van der Waals surface area contributed by atoms with Gasteiger partial charge in [-0.2, -0.15) is 0 Å². The molecule has 2 aromatic carbocycles. The molecule has 0 bridgehead atoms. The van der Waals surface area contributed by atoms with Crippen LogP contribution in [0.25, 0.3) is 0 Å². The fourth-order valence-electron chi connectivity index (χ4n) is 3.17. The Morgan fingerprint density at radius 3 is 2.54 bits per heavy atom. The number of para-hydroxylation sites is 1. The van der Waals surface area contributed by atoms with Crippen LogP contribution in [0.3, 0.4) is 0 Å². The molecule has 1 aliphatic rings. The van der Waals surface area contributed by atoms with Crippen molar-refractivity contribution in [2.45, 2.75) is 13.0 Å². The first-order chi connectivity index (χ1) is 12.7. The summed E-state index contributed by atoms with van der Waals surface area (Å²) in [7, 11) is 0. The fraction of sp³-hybridized carbons (Fsp3) is 0.143. The van der Waals surface area contributed by atoms with Crippen LogP contribution in [0.5, 0.6) is 0 Å². The van der Waals surface area contributed by atoms with Crippen molar-refractivity contribution in [3.63, 3.8) is 0 Å². The van der Waals surface area contributed by atoms with Gasteiger partial charge in [-0.1, -0.05) is 36.4 Å². The zero-order valence-corrected chi connectivity index (χ0v) is 14.2. The Kier molecular flexibility index (Phi) is 4.35. The highest BCUT2D eigenvalue weighted by Gasteiger charge is 2.17. The number of benzene rings is 2. The molecule has 1 N–H and O–H groups in total. The zero-order chi connectivity index (χ0) is 17.9. The number of carbonyl (C=O) groups excluding carboxylic acids is 1. The van der Waals surface area contributed by atoms with E-state index in [-0.39, 0.29) is 11.4 Å². The number of amides is 1. The summed E-state index contributed by atoms with van der Waals surface area (Å²) < 4.78 is 13.7. The third-order valence-electron chi connectivity index (χ3n) is 4.60. The average Bonchev–Trinajstić information content (AvgIpc) is 2.69. The van der Waals surface area contributed by atoms with Crippen LogP contribution in [-0.4, -0.2) is 17.4 Å². The van der Waals surface area contributed by atoms with Crippen molar-refractivity contribution < 1.29 is 9.18 Å². The normalized spacial score (nSPS) is 13.2. The maximum absolute atomic E-state index is 13.7. The van der Waals surface area contributed by atoms with Crippen LogP contribution in [0.2, 0.25) is 0 Å². The first-order valence-corrected chi connectivity index (χ1v) is 8.54. The summed E-state index contributed by atoms with van der Waals surface area (Å²) in [6.07, 6.45) is 2.69. The summed E-state index contributed by atoms with van der Waals surface area (Å²) in [6.45, 7) is 1.75. The lowest BCUT2D eigenvalue weighted by Crippen LogP contribution is -2.30. The van der Waals surface area contributed by atoms with Crippen LogP contribution in [0.15, 0.2) is 66.9 Å². The van der Waals surface area contributed by atoms with Gasteiger partial charge in [0.05, 0.1) is 17.6 Å². The van der Waals surface area contributed by atoms with Crippen molar-refractivity contribution >= 4 is 17.3 Å². The van der Waals surface area contributed by atoms with Crippen LogP contribution in [-0.2, 0) is 13.0 Å². The van der Waals surface area contributed by atoms with Crippen LogP contribution < -0.4 is 10.2 Å². The molecule has 1 aliphatic heterocycles. The summed E-state index contributed by atoms with van der Waals surface area (Å²) in [5, 5.41) is 2.55. The van der Waals surface area contributed by atoms with E-state index in [1.54, 1.807) is 24.4 Å². The Morgan fingerprint density at radius 1 is 1.00 bits per heavy atom. The second-order valence-corrected chi connectivity index (χ2v) is 6.28. The Morgan fingerprint density at radius 2 is 1.77 bits per heavy atom. The smallest absolute Gasteiger partial charge is 0.274 e. The average molecular weight is 347 g/mol. The molecule has 2 heterocycles. The van der Waals surface area contributed by atoms with E-state index in [9.17, 15) is 9.18 Å². The van der Waals surface area contributed by atoms with Gasteiger partial charge in [0.25, 0.3) is 5.91 Å². The molecule has 0 radical (unpaired) electrons. The summed E-state index contributed by atoms with van der Waals surface area (Å²) >= 11 is 0. The zero-order valence-electron chi connectivity index (χ0n) is 14.2. The number of rotatable bonds is 3. The number of hydrogen-bond acceptors (Lipinski definition) is 3. The summed E-state index contributed by atoms with van der Waals surface area (Å²) in [5.41, 5.74) is 4.09. The molecule has 0 unspecified atom stereocenters. The third kappa shape index (κ3) is 3.28. The van der Waals surface area contributed by atoms with Gasteiger partial charge < -0.3 is 10.2 Å². The fourth-order valence-corrected chi connectivity index (χ4v) is 3.17. The minimum absolute atomic E-state index is 0.149. The number of aromatic nitrogens is 1. The summed E-state index contributed by atoms with van der Waals surface area (Å²) in [4.78, 5) is 18.8. The van der Waals surface area contributed by atoms with Gasteiger partial charge in [-0.3, -0.25) is 4.79 Å². The minimum Gasteiger partial charge on any atom is -0.366 e. The van der Waals surface area contributed by atoms with E-state index in [0.717, 1.165) is 25.2 Å². The summed E-state index contributed by atoms with van der Waals surface area (Å²) in [5.74, 6) is -0.893. The predicted octanol–water partition coefficient (Wildman–Crippen LogP) is 4.04. The largest absolute Gasteiger partial charge is 0.366 e. The molecule has 5 heteroatoms. The van der Waals surface area contributed by atoms with Crippen LogP contribution in [0.4, 0.5) is 15.8 Å². The molecule has 4 rings (SSSR count). The summed E-state index contributed by atoms with van der Waals surface area (Å²) in [6, 6.07) is 18.1. The van der Waals surface area contributed by atoms with Crippen molar-refractivity contribution in [1.29, 1.82) is 0 Å². The van der Waals surface area contributed by atoms with E-state index in [0.29, 0.717) is 0 Å². The molecule has 0 fully saturated rings. The first kappa shape index (κ1) is 16.3. The molecule has 0 atom stereocenters. The topological polar surface area (TPSA) is 45.2 Å². The highest BCUT2D eigenvalue weighted by Crippen LogP contribution is 2.24. The molecule has 3 aromatic rings. The molecule has 1 amide bonds. The van der Waals surface area contributed by atoms with Crippen molar-refractivity contribution in [2.75, 3.05) is 16.8 Å². The van der Waals surface area contributed by atoms with Gasteiger partial charge in [0.1, 0.15) is 11.5 Å². The van der Waals surface area contributed by atoms with E-state index in [1.807, 2.05) is 6.07 Å². The lowest BCUT2D eigenvalue weighted by molar-refractivity contribution is 0.102. The van der Waals surface area contributed by atoms with Crippen LogP contribution in [0.1, 0.15) is 21.6 Å². The molecular formula is C21H18FN3O. The molecule has 0 saturated carbocycles. The van der Waals surface area contributed by atoms with Gasteiger partial charge in [-0.05, 0) is 41.8 Å². The molecule has 130 valence electrons. The standard InChI is InChI=1S/C21H18FN3O/c22-18-7-3-4-8-19(18)24-21(26)20-10-9-17(13-23-20)25-12-11-15-5-1-2-6-16(15)14-25/h1-10,13H,11-12,14H2,(H,24,26). The molecule has 4 nitrogen and oxygen atoms in total. The number of pyridine rings is 1. The number of halogens is 1. The second-order valence-electron chi connectivity index (χ2n) is 6.28. The maximum Gasteiger partial charge on any atom is 0.274 e. The molecule has 1 aromatic heterocycles. The Labute approximate surface area is 151 Å². The van der Waals surface area contributed by atoms with Crippen LogP contribution >= 0.6 is 0 Å². The quantitative estimate of drug-likeness (QED) is 0.778. The Balaban J connectivity index is 1.47. The van der Waals surface area contributed by atoms with Crippen molar-refractivity contribution in [2.24, 2.45) is 0 Å². The van der Waals surface area contributed by atoms with E-state index in [2.05, 4.69) is 39.5 Å². The van der Waals surface area contributed by atoms with E-state index in [1.165, 1.54) is 23.3 Å². The Bertz CT molecular complexity index is 940. The highest BCUT2D eigenvalue weighted by molar-refractivity contribution is 6.03. The van der Waals surface area contributed by atoms with E-state index >= 15 is 0 Å². The molecule has 0 spiro atoms. The number of nitrogens with zero attached hydrogens (tertiary/aromatic N) is 2. The van der Waals surface area contributed by atoms with Gasteiger partial charge in [-0.15, -0.1) is 0 Å². The second kappa shape index (κ2) is 6.96. The maximum atomic E-state index is 13.7. The van der Waals surface area contributed by atoms with Crippen molar-refractivity contribution in [3.05, 3.63) is 89.5 Å². The van der Waals surface area contributed by atoms with Gasteiger partial charge >= 0.3 is 0 Å². The van der Waals surface area contributed by atoms with Gasteiger partial charge in [0.15, 0.2) is 0 Å². The van der Waals surface area contributed by atoms with E-state index in [4.69, 9.17) is 0 Å². The molecular weight excluding hydrogens is 329 g/mol. The number of carbonyl (C=O) groups is 1. The van der Waals surface area contributed by atoms with Gasteiger partial charge in [-0.25, -0.2) is 9.37 Å². The lowest BCUT2D eigenvalue weighted by Gasteiger charge is -2.30. The first-order valence-electron chi connectivity index (χ1n) is 8.54. The highest BCUT2D eigenvalue weighted by atomic mass is 19.1. The van der Waals surface area contributed by atoms with Crippen molar-refractivity contribution in [3.8, 4) is 0 Å².